The van der Waals surface area contributed by atoms with Gasteiger partial charge < -0.3 is 9.51 Å². The second kappa shape index (κ2) is 5.81. The summed E-state index contributed by atoms with van der Waals surface area (Å²) in [6, 6.07) is 12.2. The average Bonchev–Trinajstić information content (AvgIpc) is 2.97. The van der Waals surface area contributed by atoms with Crippen LogP contribution in [0.4, 0.5) is 0 Å². The van der Waals surface area contributed by atoms with E-state index in [1.165, 1.54) is 12.1 Å². The van der Waals surface area contributed by atoms with Crippen LogP contribution in [0.5, 0.6) is 0 Å². The zero-order valence-electron chi connectivity index (χ0n) is 11.8. The summed E-state index contributed by atoms with van der Waals surface area (Å²) < 4.78 is 1.88. The van der Waals surface area contributed by atoms with Crippen LogP contribution in [0.1, 0.15) is 21.6 Å². The van der Waals surface area contributed by atoms with Crippen LogP contribution >= 0.6 is 0 Å². The number of rotatable bonds is 5. The van der Waals surface area contributed by atoms with Gasteiger partial charge in [-0.1, -0.05) is 18.2 Å². The van der Waals surface area contributed by atoms with E-state index in [4.69, 9.17) is 5.11 Å². The summed E-state index contributed by atoms with van der Waals surface area (Å²) in [6.45, 7) is 0. The zero-order chi connectivity index (χ0) is 15.5. The van der Waals surface area contributed by atoms with Crippen molar-refractivity contribution >= 4 is 17.3 Å². The van der Waals surface area contributed by atoms with Gasteiger partial charge in [-0.25, -0.2) is 9.78 Å². The maximum Gasteiger partial charge on any atom is 0.335 e. The summed E-state index contributed by atoms with van der Waals surface area (Å²) in [5, 5.41) is 8.98. The Morgan fingerprint density at radius 2 is 1.91 bits per heavy atom. The SMILES string of the molecule is O=C(Cc1cccc(C(=O)O)c1)Cc1cccc2cncn12. The van der Waals surface area contributed by atoms with Crippen LogP contribution in [0.15, 0.2) is 55.0 Å². The van der Waals surface area contributed by atoms with Crippen LogP contribution in [-0.2, 0) is 17.6 Å². The van der Waals surface area contributed by atoms with E-state index >= 15 is 0 Å². The predicted octanol–water partition coefficient (Wildman–Crippen LogP) is 2.39. The number of fused-ring (bicyclic) bond motifs is 1. The van der Waals surface area contributed by atoms with Gasteiger partial charge in [0.1, 0.15) is 5.78 Å². The van der Waals surface area contributed by atoms with Crippen molar-refractivity contribution in [1.82, 2.24) is 9.38 Å². The molecule has 5 heteroatoms. The molecule has 0 aliphatic rings. The van der Waals surface area contributed by atoms with E-state index in [-0.39, 0.29) is 24.2 Å². The minimum Gasteiger partial charge on any atom is -0.478 e. The van der Waals surface area contributed by atoms with Gasteiger partial charge >= 0.3 is 5.97 Å². The Morgan fingerprint density at radius 3 is 2.73 bits per heavy atom. The Bertz CT molecular complexity index is 852. The molecule has 1 aromatic carbocycles. The van der Waals surface area contributed by atoms with Crippen LogP contribution in [0, 0.1) is 0 Å². The fourth-order valence-corrected chi connectivity index (χ4v) is 2.46. The van der Waals surface area contributed by atoms with Crippen molar-refractivity contribution in [2.45, 2.75) is 12.8 Å². The number of carbonyl (C=O) groups excluding carboxylic acids is 1. The van der Waals surface area contributed by atoms with Crippen molar-refractivity contribution in [2.75, 3.05) is 0 Å². The van der Waals surface area contributed by atoms with Crippen molar-refractivity contribution in [3.05, 3.63) is 71.8 Å². The first kappa shape index (κ1) is 14.0. The smallest absolute Gasteiger partial charge is 0.335 e. The second-order valence-corrected chi connectivity index (χ2v) is 5.10. The molecule has 0 bridgehead atoms. The quantitative estimate of drug-likeness (QED) is 0.784. The molecule has 110 valence electrons. The molecule has 0 aliphatic carbocycles. The molecule has 0 aliphatic heterocycles. The predicted molar refractivity (Wildman–Crippen MR) is 81.0 cm³/mol. The number of carboxylic acids is 1. The Hall–Kier alpha value is -2.95. The molecular formula is C17H14N2O3. The van der Waals surface area contributed by atoms with E-state index < -0.39 is 5.97 Å². The largest absolute Gasteiger partial charge is 0.478 e. The third-order valence-corrected chi connectivity index (χ3v) is 3.49. The minimum atomic E-state index is -0.988. The first-order valence-corrected chi connectivity index (χ1v) is 6.87. The molecular weight excluding hydrogens is 280 g/mol. The highest BCUT2D eigenvalue weighted by atomic mass is 16.4. The van der Waals surface area contributed by atoms with Gasteiger partial charge in [-0.2, -0.15) is 0 Å². The van der Waals surface area contributed by atoms with Gasteiger partial charge in [0.05, 0.1) is 23.6 Å². The molecule has 3 rings (SSSR count). The van der Waals surface area contributed by atoms with Gasteiger partial charge in [-0.3, -0.25) is 4.79 Å². The molecule has 0 unspecified atom stereocenters. The highest BCUT2D eigenvalue weighted by molar-refractivity contribution is 5.88. The number of ketones is 1. The van der Waals surface area contributed by atoms with Crippen molar-refractivity contribution in [1.29, 1.82) is 0 Å². The number of Topliss-reactive ketones (excluding diaryl/α,β-unsaturated/α-hetero) is 1. The van der Waals surface area contributed by atoms with Gasteiger partial charge in [0, 0.05) is 18.5 Å². The number of benzene rings is 1. The van der Waals surface area contributed by atoms with Gasteiger partial charge in [0.2, 0.25) is 0 Å². The van der Waals surface area contributed by atoms with E-state index in [1.54, 1.807) is 24.7 Å². The zero-order valence-corrected chi connectivity index (χ0v) is 11.8. The summed E-state index contributed by atoms with van der Waals surface area (Å²) in [5.74, 6) is -0.957. The average molecular weight is 294 g/mol. The molecule has 3 aromatic rings. The summed E-state index contributed by atoms with van der Waals surface area (Å²) in [6.07, 6.45) is 3.92. The number of pyridine rings is 1. The van der Waals surface area contributed by atoms with Crippen molar-refractivity contribution in [2.24, 2.45) is 0 Å². The number of imidazole rings is 1. The Kier molecular flexibility index (Phi) is 3.70. The number of aromatic nitrogens is 2. The monoisotopic (exact) mass is 294 g/mol. The normalized spacial score (nSPS) is 10.7. The fraction of sp³-hybridized carbons (Fsp3) is 0.118. The Morgan fingerprint density at radius 1 is 1.09 bits per heavy atom. The van der Waals surface area contributed by atoms with Gasteiger partial charge in [-0.15, -0.1) is 0 Å². The molecule has 0 saturated heterocycles. The molecule has 0 fully saturated rings. The van der Waals surface area contributed by atoms with Gasteiger partial charge in [-0.05, 0) is 29.8 Å². The standard InChI is InChI=1S/C17H14N2O3/c20-16(8-12-3-1-4-13(7-12)17(21)22)9-14-5-2-6-15-10-18-11-19(14)15/h1-7,10-11H,8-9H2,(H,21,22). The summed E-state index contributed by atoms with van der Waals surface area (Å²) in [4.78, 5) is 27.3. The lowest BCUT2D eigenvalue weighted by molar-refractivity contribution is -0.117. The van der Waals surface area contributed by atoms with Crippen LogP contribution in [0.25, 0.3) is 5.52 Å². The molecule has 1 N–H and O–H groups in total. The molecule has 0 saturated carbocycles. The third kappa shape index (κ3) is 2.88. The first-order chi connectivity index (χ1) is 10.6. The molecule has 2 heterocycles. The third-order valence-electron chi connectivity index (χ3n) is 3.49. The molecule has 0 atom stereocenters. The number of hydrogen-bond acceptors (Lipinski definition) is 3. The highest BCUT2D eigenvalue weighted by Crippen LogP contribution is 2.11. The van der Waals surface area contributed by atoms with E-state index in [2.05, 4.69) is 4.98 Å². The molecule has 5 nitrogen and oxygen atoms in total. The Balaban J connectivity index is 1.76. The maximum absolute atomic E-state index is 12.2. The van der Waals surface area contributed by atoms with Crippen molar-refractivity contribution in [3.8, 4) is 0 Å². The molecule has 0 spiro atoms. The number of carboxylic acid groups (broad SMARTS) is 1. The highest BCUT2D eigenvalue weighted by Gasteiger charge is 2.10. The number of hydrogen-bond donors (Lipinski definition) is 1. The maximum atomic E-state index is 12.2. The summed E-state index contributed by atoms with van der Waals surface area (Å²) in [5.41, 5.74) is 2.72. The summed E-state index contributed by atoms with van der Waals surface area (Å²) in [7, 11) is 0. The minimum absolute atomic E-state index is 0.0312. The summed E-state index contributed by atoms with van der Waals surface area (Å²) >= 11 is 0. The Labute approximate surface area is 126 Å². The van der Waals surface area contributed by atoms with E-state index in [0.717, 1.165) is 11.2 Å². The topological polar surface area (TPSA) is 71.7 Å². The lowest BCUT2D eigenvalue weighted by atomic mass is 10.0. The van der Waals surface area contributed by atoms with Gasteiger partial charge in [0.25, 0.3) is 0 Å². The van der Waals surface area contributed by atoms with Crippen LogP contribution in [0.3, 0.4) is 0 Å². The van der Waals surface area contributed by atoms with Crippen molar-refractivity contribution in [3.63, 3.8) is 0 Å². The number of nitrogens with zero attached hydrogens (tertiary/aromatic N) is 2. The van der Waals surface area contributed by atoms with Gasteiger partial charge in [0.15, 0.2) is 0 Å². The van der Waals surface area contributed by atoms with E-state index in [0.29, 0.717) is 5.56 Å². The van der Waals surface area contributed by atoms with Crippen LogP contribution in [0.2, 0.25) is 0 Å². The van der Waals surface area contributed by atoms with E-state index in [1.807, 2.05) is 22.6 Å². The lowest BCUT2D eigenvalue weighted by Gasteiger charge is -2.06. The van der Waals surface area contributed by atoms with Crippen LogP contribution in [-0.4, -0.2) is 26.2 Å². The number of carbonyl (C=O) groups is 2. The van der Waals surface area contributed by atoms with E-state index in [9.17, 15) is 9.59 Å². The number of aromatic carboxylic acids is 1. The molecule has 2 aromatic heterocycles. The fourth-order valence-electron chi connectivity index (χ4n) is 2.46. The second-order valence-electron chi connectivity index (χ2n) is 5.10. The molecule has 0 radical (unpaired) electrons. The molecule has 22 heavy (non-hydrogen) atoms. The van der Waals surface area contributed by atoms with Crippen LogP contribution < -0.4 is 0 Å². The lowest BCUT2D eigenvalue weighted by Crippen LogP contribution is -2.10. The molecule has 0 amide bonds. The van der Waals surface area contributed by atoms with Crippen molar-refractivity contribution < 1.29 is 14.7 Å². The first-order valence-electron chi connectivity index (χ1n) is 6.87.